The molecule has 2 aromatic carbocycles. The molecule has 170 valence electrons. The zero-order chi connectivity index (χ0) is 23.0. The number of para-hydroxylation sites is 1. The summed E-state index contributed by atoms with van der Waals surface area (Å²) in [6.07, 6.45) is -1.95. The molecule has 1 fully saturated rings. The number of ether oxygens (including phenoxy) is 1. The Kier molecular flexibility index (Phi) is 6.09. The second kappa shape index (κ2) is 8.67. The van der Waals surface area contributed by atoms with Crippen molar-refractivity contribution < 1.29 is 32.3 Å². The Labute approximate surface area is 187 Å². The van der Waals surface area contributed by atoms with Gasteiger partial charge < -0.3 is 19.2 Å². The van der Waals surface area contributed by atoms with Crippen LogP contribution in [0, 0.1) is 0 Å². The molecule has 1 unspecified atom stereocenters. The van der Waals surface area contributed by atoms with Crippen molar-refractivity contribution in [2.45, 2.75) is 44.9 Å². The average molecular weight is 469 g/mol. The molecule has 2 heterocycles. The molecular weight excluding hydrogens is 447 g/mol. The number of alkyl halides is 3. The van der Waals surface area contributed by atoms with Gasteiger partial charge >= 0.3 is 6.18 Å². The molecular formula is C23H22ClF3NO4+. The van der Waals surface area contributed by atoms with E-state index in [-0.39, 0.29) is 45.6 Å². The number of quaternary nitrogens is 1. The van der Waals surface area contributed by atoms with Crippen LogP contribution in [0.1, 0.15) is 37.5 Å². The summed E-state index contributed by atoms with van der Waals surface area (Å²) in [5.41, 5.74) is -1.08. The molecule has 1 aromatic heterocycles. The molecule has 4 rings (SSSR count). The molecule has 5 nitrogen and oxygen atoms in total. The van der Waals surface area contributed by atoms with E-state index < -0.39 is 23.1 Å². The maximum atomic E-state index is 13.9. The van der Waals surface area contributed by atoms with Crippen molar-refractivity contribution in [3.63, 3.8) is 0 Å². The summed E-state index contributed by atoms with van der Waals surface area (Å²) in [6, 6.07) is 8.72. The number of aromatic hydroxyl groups is 1. The van der Waals surface area contributed by atoms with E-state index in [4.69, 9.17) is 20.8 Å². The van der Waals surface area contributed by atoms with Gasteiger partial charge in [0.25, 0.3) is 5.76 Å². The Morgan fingerprint density at radius 2 is 1.97 bits per heavy atom. The first-order valence-corrected chi connectivity index (χ1v) is 10.7. The standard InChI is InChI=1S/C23H21ClF3NO4/c1-13-6-4-5-11-28(13)12-15-17(29)10-9-14-19(30)21(22(23(25,26)27)32-20(14)15)31-18-8-3-2-7-16(18)24/h2-3,7-10,13,29H,4-6,11-12H2,1H3/p+1/t13-/m0/s1. The first kappa shape index (κ1) is 22.5. The summed E-state index contributed by atoms with van der Waals surface area (Å²) in [7, 11) is 0. The van der Waals surface area contributed by atoms with E-state index in [1.807, 2.05) is 0 Å². The molecule has 32 heavy (non-hydrogen) atoms. The van der Waals surface area contributed by atoms with Gasteiger partial charge in [0, 0.05) is 0 Å². The van der Waals surface area contributed by atoms with Gasteiger partial charge in [-0.2, -0.15) is 13.2 Å². The predicted octanol–water partition coefficient (Wildman–Crippen LogP) is 4.92. The van der Waals surface area contributed by atoms with Crippen LogP contribution in [0.2, 0.25) is 5.02 Å². The van der Waals surface area contributed by atoms with Crippen molar-refractivity contribution >= 4 is 22.6 Å². The molecule has 0 aliphatic carbocycles. The fourth-order valence-corrected chi connectivity index (χ4v) is 4.29. The second-order valence-corrected chi connectivity index (χ2v) is 8.45. The number of nitrogens with one attached hydrogen (secondary N) is 1. The molecule has 0 radical (unpaired) electrons. The Balaban J connectivity index is 1.89. The fraction of sp³-hybridized carbons (Fsp3) is 0.348. The van der Waals surface area contributed by atoms with Gasteiger partial charge in [-0.3, -0.25) is 4.79 Å². The molecule has 9 heteroatoms. The molecule has 2 atom stereocenters. The smallest absolute Gasteiger partial charge is 0.453 e. The topological polar surface area (TPSA) is 64.1 Å². The Hall–Kier alpha value is -2.71. The summed E-state index contributed by atoms with van der Waals surface area (Å²) in [4.78, 5) is 14.2. The van der Waals surface area contributed by atoms with Crippen LogP contribution in [0.15, 0.2) is 45.6 Å². The van der Waals surface area contributed by atoms with Gasteiger partial charge in [0.2, 0.25) is 11.2 Å². The second-order valence-electron chi connectivity index (χ2n) is 8.04. The van der Waals surface area contributed by atoms with Crippen LogP contribution < -0.4 is 15.1 Å². The predicted molar refractivity (Wildman–Crippen MR) is 114 cm³/mol. The van der Waals surface area contributed by atoms with Crippen molar-refractivity contribution in [2.75, 3.05) is 6.54 Å². The third-order valence-corrected chi connectivity index (χ3v) is 6.20. The summed E-state index contributed by atoms with van der Waals surface area (Å²) >= 11 is 6.00. The maximum absolute atomic E-state index is 13.9. The largest absolute Gasteiger partial charge is 0.507 e. The van der Waals surface area contributed by atoms with Crippen LogP contribution >= 0.6 is 11.6 Å². The lowest BCUT2D eigenvalue weighted by molar-refractivity contribution is -0.941. The van der Waals surface area contributed by atoms with Crippen LogP contribution in [0.5, 0.6) is 17.2 Å². The van der Waals surface area contributed by atoms with E-state index in [2.05, 4.69) is 6.92 Å². The lowest BCUT2D eigenvalue weighted by atomic mass is 10.0. The molecule has 1 saturated heterocycles. The van der Waals surface area contributed by atoms with Crippen LogP contribution in [0.25, 0.3) is 11.0 Å². The third kappa shape index (κ3) is 4.29. The zero-order valence-corrected chi connectivity index (χ0v) is 18.0. The molecule has 0 spiro atoms. The number of phenolic OH excluding ortho intramolecular Hbond substituents is 1. The zero-order valence-electron chi connectivity index (χ0n) is 17.3. The van der Waals surface area contributed by atoms with Crippen LogP contribution in [-0.2, 0) is 12.7 Å². The minimum Gasteiger partial charge on any atom is -0.507 e. The third-order valence-electron chi connectivity index (χ3n) is 5.89. The number of benzene rings is 2. The monoisotopic (exact) mass is 468 g/mol. The van der Waals surface area contributed by atoms with E-state index in [1.165, 1.54) is 30.3 Å². The van der Waals surface area contributed by atoms with Gasteiger partial charge in [-0.25, -0.2) is 0 Å². The molecule has 2 N–H and O–H groups in total. The average Bonchev–Trinajstić information content (AvgIpc) is 2.74. The fourth-order valence-electron chi connectivity index (χ4n) is 4.12. The van der Waals surface area contributed by atoms with Crippen molar-refractivity contribution in [3.8, 4) is 17.2 Å². The summed E-state index contributed by atoms with van der Waals surface area (Å²) in [5.74, 6) is -2.87. The SMILES string of the molecule is C[C@H]1CCCC[NH+]1Cc1c(O)ccc2c(=O)c(Oc3ccccc3Cl)c(C(F)(F)F)oc12. The van der Waals surface area contributed by atoms with E-state index in [9.17, 15) is 23.1 Å². The quantitative estimate of drug-likeness (QED) is 0.570. The van der Waals surface area contributed by atoms with Gasteiger partial charge in [0.1, 0.15) is 18.0 Å². The lowest BCUT2D eigenvalue weighted by Crippen LogP contribution is -3.14. The number of rotatable bonds is 4. The van der Waals surface area contributed by atoms with Gasteiger partial charge in [0.05, 0.1) is 28.6 Å². The van der Waals surface area contributed by atoms with Gasteiger partial charge in [0.15, 0.2) is 5.58 Å². The maximum Gasteiger partial charge on any atom is 0.453 e. The Morgan fingerprint density at radius 1 is 1.22 bits per heavy atom. The first-order chi connectivity index (χ1) is 15.2. The van der Waals surface area contributed by atoms with Crippen molar-refractivity contribution in [1.82, 2.24) is 0 Å². The molecule has 0 amide bonds. The number of halogens is 4. The molecule has 1 aliphatic heterocycles. The highest BCUT2D eigenvalue weighted by atomic mass is 35.5. The molecule has 0 saturated carbocycles. The number of phenols is 1. The van der Waals surface area contributed by atoms with Crippen LogP contribution in [0.4, 0.5) is 13.2 Å². The first-order valence-electron chi connectivity index (χ1n) is 10.3. The molecule has 0 bridgehead atoms. The van der Waals surface area contributed by atoms with E-state index >= 15 is 0 Å². The summed E-state index contributed by atoms with van der Waals surface area (Å²) in [6.45, 7) is 3.12. The van der Waals surface area contributed by atoms with Gasteiger partial charge in [-0.1, -0.05) is 23.7 Å². The van der Waals surface area contributed by atoms with Crippen LogP contribution in [-0.4, -0.2) is 17.7 Å². The number of piperidine rings is 1. The van der Waals surface area contributed by atoms with Crippen molar-refractivity contribution in [3.05, 3.63) is 63.0 Å². The normalized spacial score (nSPS) is 19.3. The lowest BCUT2D eigenvalue weighted by Gasteiger charge is -2.30. The van der Waals surface area contributed by atoms with Crippen molar-refractivity contribution in [2.24, 2.45) is 0 Å². The number of hydrogen-bond acceptors (Lipinski definition) is 4. The van der Waals surface area contributed by atoms with Gasteiger partial charge in [-0.15, -0.1) is 0 Å². The Bertz CT molecular complexity index is 1210. The molecule has 3 aromatic rings. The summed E-state index contributed by atoms with van der Waals surface area (Å²) < 4.78 is 52.3. The van der Waals surface area contributed by atoms with E-state index in [0.717, 1.165) is 30.7 Å². The van der Waals surface area contributed by atoms with Crippen LogP contribution in [0.3, 0.4) is 0 Å². The number of likely N-dealkylation sites (tertiary alicyclic amines) is 1. The highest BCUT2D eigenvalue weighted by molar-refractivity contribution is 6.32. The van der Waals surface area contributed by atoms with E-state index in [1.54, 1.807) is 6.07 Å². The highest BCUT2D eigenvalue weighted by Gasteiger charge is 2.41. The number of hydrogen-bond donors (Lipinski definition) is 2. The number of fused-ring (bicyclic) bond motifs is 1. The Morgan fingerprint density at radius 3 is 2.66 bits per heavy atom. The minimum absolute atomic E-state index is 0.0502. The van der Waals surface area contributed by atoms with Crippen molar-refractivity contribution in [1.29, 1.82) is 0 Å². The summed E-state index contributed by atoms with van der Waals surface area (Å²) in [5, 5.41) is 10.4. The van der Waals surface area contributed by atoms with Gasteiger partial charge in [-0.05, 0) is 50.5 Å². The van der Waals surface area contributed by atoms with E-state index in [0.29, 0.717) is 0 Å². The molecule has 1 aliphatic rings. The highest BCUT2D eigenvalue weighted by Crippen LogP contribution is 2.40. The minimum atomic E-state index is -5.00.